The topological polar surface area (TPSA) is 50.9 Å². The van der Waals surface area contributed by atoms with E-state index >= 15 is 0 Å². The zero-order valence-electron chi connectivity index (χ0n) is 16.2. The van der Waals surface area contributed by atoms with Crippen LogP contribution in [0.15, 0.2) is 48.7 Å². The van der Waals surface area contributed by atoms with E-state index in [9.17, 15) is 0 Å². The predicted octanol–water partition coefficient (Wildman–Crippen LogP) is 6.93. The molecule has 0 spiro atoms. The van der Waals surface area contributed by atoms with E-state index < -0.39 is 0 Å². The molecule has 3 nitrogen and oxygen atoms in total. The van der Waals surface area contributed by atoms with Gasteiger partial charge in [0.05, 0.1) is 15.6 Å². The smallest absolute Gasteiger partial charge is 0.0720 e. The SMILES string of the molecule is Cl.Cl.NC1(c2ccnc3cc(Cl)ccc23)CCC(NCc2ccc(Cl)c(Cl)c2)CC1. The summed E-state index contributed by atoms with van der Waals surface area (Å²) in [5.74, 6) is 0. The maximum atomic E-state index is 6.87. The van der Waals surface area contributed by atoms with Gasteiger partial charge in [-0.25, -0.2) is 0 Å². The Hall–Kier alpha value is -0.780. The molecule has 1 aliphatic rings. The van der Waals surface area contributed by atoms with Crippen molar-refractivity contribution in [2.24, 2.45) is 5.73 Å². The Kier molecular flexibility index (Phi) is 9.08. The molecule has 0 atom stereocenters. The zero-order valence-corrected chi connectivity index (χ0v) is 20.1. The molecule has 1 heterocycles. The molecular weight excluding hydrogens is 484 g/mol. The summed E-state index contributed by atoms with van der Waals surface area (Å²) in [5, 5.41) is 6.60. The van der Waals surface area contributed by atoms with Crippen LogP contribution in [0.5, 0.6) is 0 Å². The van der Waals surface area contributed by atoms with Crippen molar-refractivity contribution in [3.8, 4) is 0 Å². The Bertz CT molecular complexity index is 1000. The van der Waals surface area contributed by atoms with Crippen LogP contribution in [0.3, 0.4) is 0 Å². The lowest BCUT2D eigenvalue weighted by Gasteiger charge is -2.38. The van der Waals surface area contributed by atoms with E-state index in [2.05, 4.69) is 16.4 Å². The van der Waals surface area contributed by atoms with Crippen molar-refractivity contribution in [2.45, 2.75) is 43.8 Å². The number of halogens is 5. The van der Waals surface area contributed by atoms with Gasteiger partial charge in [-0.2, -0.15) is 0 Å². The van der Waals surface area contributed by atoms with E-state index in [0.29, 0.717) is 21.1 Å². The van der Waals surface area contributed by atoms with Crippen LogP contribution in [0.4, 0.5) is 0 Å². The number of hydrogen-bond donors (Lipinski definition) is 2. The quantitative estimate of drug-likeness (QED) is 0.403. The van der Waals surface area contributed by atoms with Gasteiger partial charge in [0.25, 0.3) is 0 Å². The first-order valence-corrected chi connectivity index (χ1v) is 10.6. The third-order valence-corrected chi connectivity index (χ3v) is 6.67. The van der Waals surface area contributed by atoms with E-state index in [-0.39, 0.29) is 30.4 Å². The Labute approximate surface area is 204 Å². The first-order chi connectivity index (χ1) is 13.4. The average Bonchev–Trinajstić information content (AvgIpc) is 2.69. The fourth-order valence-corrected chi connectivity index (χ4v) is 4.56. The fourth-order valence-electron chi connectivity index (χ4n) is 4.07. The van der Waals surface area contributed by atoms with E-state index in [1.54, 1.807) is 0 Å². The van der Waals surface area contributed by atoms with Crippen LogP contribution in [-0.2, 0) is 12.1 Å². The molecule has 1 aliphatic carbocycles. The lowest BCUT2D eigenvalue weighted by Crippen LogP contribution is -2.45. The Morgan fingerprint density at radius 2 is 1.70 bits per heavy atom. The maximum absolute atomic E-state index is 6.87. The molecule has 1 saturated carbocycles. The van der Waals surface area contributed by atoms with Crippen LogP contribution in [0.25, 0.3) is 10.9 Å². The standard InChI is InChI=1S/C22H22Cl3N3.2ClH/c23-15-2-3-17-18(7-10-27-21(17)12-15)22(26)8-5-16(6-9-22)28-13-14-1-4-19(24)20(25)11-14;;/h1-4,7,10-12,16,28H,5-6,8-9,13,26H2;2*1H. The van der Waals surface area contributed by atoms with Gasteiger partial charge in [0.2, 0.25) is 0 Å². The molecule has 1 fully saturated rings. The molecule has 3 aromatic rings. The van der Waals surface area contributed by atoms with Gasteiger partial charge in [0, 0.05) is 34.7 Å². The minimum Gasteiger partial charge on any atom is -0.321 e. The molecule has 30 heavy (non-hydrogen) atoms. The molecule has 162 valence electrons. The Morgan fingerprint density at radius 3 is 2.40 bits per heavy atom. The highest BCUT2D eigenvalue weighted by molar-refractivity contribution is 6.42. The monoisotopic (exact) mass is 505 g/mol. The molecule has 0 radical (unpaired) electrons. The van der Waals surface area contributed by atoms with Gasteiger partial charge < -0.3 is 11.1 Å². The molecule has 8 heteroatoms. The van der Waals surface area contributed by atoms with Crippen LogP contribution in [0.2, 0.25) is 15.1 Å². The van der Waals surface area contributed by atoms with Gasteiger partial charge >= 0.3 is 0 Å². The van der Waals surface area contributed by atoms with E-state index in [1.807, 2.05) is 42.6 Å². The molecule has 0 unspecified atom stereocenters. The van der Waals surface area contributed by atoms with E-state index in [4.69, 9.17) is 40.5 Å². The predicted molar refractivity (Wildman–Crippen MR) is 133 cm³/mol. The third-order valence-electron chi connectivity index (χ3n) is 5.70. The first-order valence-electron chi connectivity index (χ1n) is 9.45. The van der Waals surface area contributed by atoms with E-state index in [1.165, 1.54) is 0 Å². The van der Waals surface area contributed by atoms with Gasteiger partial charge in [0.1, 0.15) is 0 Å². The largest absolute Gasteiger partial charge is 0.321 e. The van der Waals surface area contributed by atoms with Crippen molar-refractivity contribution in [3.63, 3.8) is 0 Å². The average molecular weight is 508 g/mol. The van der Waals surface area contributed by atoms with Crippen molar-refractivity contribution in [2.75, 3.05) is 0 Å². The van der Waals surface area contributed by atoms with Gasteiger partial charge in [-0.05, 0) is 67.1 Å². The number of fused-ring (bicyclic) bond motifs is 1. The van der Waals surface area contributed by atoms with Crippen molar-refractivity contribution >= 4 is 70.5 Å². The normalized spacial score (nSPS) is 21.0. The Morgan fingerprint density at radius 1 is 0.967 bits per heavy atom. The Balaban J connectivity index is 0.00000160. The summed E-state index contributed by atoms with van der Waals surface area (Å²) < 4.78 is 0. The van der Waals surface area contributed by atoms with Crippen LogP contribution in [0, 0.1) is 0 Å². The molecule has 4 rings (SSSR count). The summed E-state index contributed by atoms with van der Waals surface area (Å²) in [4.78, 5) is 4.45. The van der Waals surface area contributed by atoms with Crippen molar-refractivity contribution < 1.29 is 0 Å². The van der Waals surface area contributed by atoms with Gasteiger partial charge in [-0.3, -0.25) is 4.98 Å². The van der Waals surface area contributed by atoms with Crippen LogP contribution < -0.4 is 11.1 Å². The second-order valence-corrected chi connectivity index (χ2v) is 8.83. The summed E-state index contributed by atoms with van der Waals surface area (Å²) in [6.07, 6.45) is 5.73. The van der Waals surface area contributed by atoms with Gasteiger partial charge in [0.15, 0.2) is 0 Å². The summed E-state index contributed by atoms with van der Waals surface area (Å²) in [6, 6.07) is 14.1. The van der Waals surface area contributed by atoms with E-state index in [0.717, 1.165) is 54.3 Å². The molecule has 1 aromatic heterocycles. The second kappa shape index (κ2) is 10.7. The number of nitrogens with one attached hydrogen (secondary N) is 1. The molecule has 2 aromatic carbocycles. The van der Waals surface area contributed by atoms with Crippen LogP contribution >= 0.6 is 59.6 Å². The number of nitrogens with two attached hydrogens (primary N) is 1. The number of rotatable bonds is 4. The minimum atomic E-state index is -0.337. The molecular formula is C22H24Cl5N3. The summed E-state index contributed by atoms with van der Waals surface area (Å²) >= 11 is 18.2. The molecule has 0 amide bonds. The zero-order chi connectivity index (χ0) is 19.7. The highest BCUT2D eigenvalue weighted by atomic mass is 35.5. The highest BCUT2D eigenvalue weighted by Gasteiger charge is 2.34. The van der Waals surface area contributed by atoms with Crippen LogP contribution in [-0.4, -0.2) is 11.0 Å². The van der Waals surface area contributed by atoms with Crippen LogP contribution in [0.1, 0.15) is 36.8 Å². The fraction of sp³-hybridized carbons (Fsp3) is 0.318. The van der Waals surface area contributed by atoms with Crippen molar-refractivity contribution in [3.05, 3.63) is 74.9 Å². The van der Waals surface area contributed by atoms with Crippen molar-refractivity contribution in [1.29, 1.82) is 0 Å². The van der Waals surface area contributed by atoms with Gasteiger partial charge in [-0.1, -0.05) is 46.9 Å². The second-order valence-electron chi connectivity index (χ2n) is 7.58. The first kappa shape index (κ1) is 25.5. The summed E-state index contributed by atoms with van der Waals surface area (Å²) in [6.45, 7) is 0.774. The third kappa shape index (κ3) is 5.52. The minimum absolute atomic E-state index is 0. The number of aromatic nitrogens is 1. The number of hydrogen-bond acceptors (Lipinski definition) is 3. The number of nitrogens with zero attached hydrogens (tertiary/aromatic N) is 1. The summed E-state index contributed by atoms with van der Waals surface area (Å²) in [5.41, 5.74) is 9.73. The highest BCUT2D eigenvalue weighted by Crippen LogP contribution is 2.38. The molecule has 0 bridgehead atoms. The van der Waals surface area contributed by atoms with Gasteiger partial charge in [-0.15, -0.1) is 24.8 Å². The lowest BCUT2D eigenvalue weighted by atomic mass is 9.74. The van der Waals surface area contributed by atoms with Crippen molar-refractivity contribution in [1.82, 2.24) is 10.3 Å². The number of pyridine rings is 1. The molecule has 0 saturated heterocycles. The molecule has 0 aliphatic heterocycles. The number of benzene rings is 2. The molecule has 3 N–H and O–H groups in total. The maximum Gasteiger partial charge on any atom is 0.0720 e. The lowest BCUT2D eigenvalue weighted by molar-refractivity contribution is 0.252. The summed E-state index contributed by atoms with van der Waals surface area (Å²) in [7, 11) is 0.